The highest BCUT2D eigenvalue weighted by Gasteiger charge is 2.12. The number of sulfonamides is 1. The fourth-order valence-corrected chi connectivity index (χ4v) is 4.50. The molecule has 2 rings (SSSR count). The van der Waals surface area contributed by atoms with Gasteiger partial charge in [-0.2, -0.15) is 0 Å². The van der Waals surface area contributed by atoms with Crippen LogP contribution in [0.4, 0.5) is 11.4 Å². The zero-order valence-electron chi connectivity index (χ0n) is 11.1. The van der Waals surface area contributed by atoms with Crippen LogP contribution in [-0.2, 0) is 10.0 Å². The first kappa shape index (κ1) is 16.2. The molecule has 0 fully saturated rings. The van der Waals surface area contributed by atoms with Crippen LogP contribution >= 0.6 is 27.7 Å². The molecule has 2 aromatic carbocycles. The first-order valence-corrected chi connectivity index (χ1v) is 9.63. The van der Waals surface area contributed by atoms with Gasteiger partial charge >= 0.3 is 0 Å². The second kappa shape index (κ2) is 7.20. The molecule has 0 unspecified atom stereocenters. The molecule has 0 atom stereocenters. The molecule has 0 aliphatic carbocycles. The summed E-state index contributed by atoms with van der Waals surface area (Å²) in [4.78, 5) is 1.00. The van der Waals surface area contributed by atoms with Crippen molar-refractivity contribution in [3.8, 4) is 0 Å². The molecule has 112 valence electrons. The highest BCUT2D eigenvalue weighted by atomic mass is 79.9. The lowest BCUT2D eigenvalue weighted by molar-refractivity contribution is 0.602. The number of para-hydroxylation sites is 1. The number of rotatable bonds is 6. The Morgan fingerprint density at radius 1 is 1.10 bits per heavy atom. The van der Waals surface area contributed by atoms with Crippen LogP contribution in [0.1, 0.15) is 0 Å². The number of anilines is 2. The molecule has 0 aromatic heterocycles. The van der Waals surface area contributed by atoms with Gasteiger partial charge in [-0.25, -0.2) is 8.42 Å². The van der Waals surface area contributed by atoms with Crippen molar-refractivity contribution in [1.29, 1.82) is 0 Å². The minimum absolute atomic E-state index is 0.0450. The number of thioether (sulfide) groups is 1. The number of hydrogen-bond donors (Lipinski definition) is 2. The smallest absolute Gasteiger partial charge is 0.233 e. The van der Waals surface area contributed by atoms with E-state index in [1.165, 1.54) is 11.8 Å². The highest BCUT2D eigenvalue weighted by Crippen LogP contribution is 2.23. The predicted molar refractivity (Wildman–Crippen MR) is 93.1 cm³/mol. The molecule has 7 heteroatoms. The fourth-order valence-electron chi connectivity index (χ4n) is 1.60. The lowest BCUT2D eigenvalue weighted by Gasteiger charge is -2.09. The van der Waals surface area contributed by atoms with E-state index in [1.807, 2.05) is 18.2 Å². The molecule has 4 nitrogen and oxygen atoms in total. The Hall–Kier alpha value is -1.18. The Bertz CT molecular complexity index is 703. The van der Waals surface area contributed by atoms with Crippen LogP contribution in [0.3, 0.4) is 0 Å². The molecule has 0 saturated heterocycles. The summed E-state index contributed by atoms with van der Waals surface area (Å²) in [5.74, 6) is 0.521. The first-order valence-electron chi connectivity index (χ1n) is 6.20. The molecule has 2 aromatic rings. The van der Waals surface area contributed by atoms with Crippen LogP contribution in [-0.4, -0.2) is 19.9 Å². The number of nitrogens with one attached hydrogen (secondary N) is 1. The predicted octanol–water partition coefficient (Wildman–Crippen LogP) is 3.57. The van der Waals surface area contributed by atoms with Gasteiger partial charge in [0.2, 0.25) is 10.0 Å². The average molecular weight is 387 g/mol. The number of nitrogen functional groups attached to an aromatic ring is 1. The zero-order valence-corrected chi connectivity index (χ0v) is 14.3. The van der Waals surface area contributed by atoms with Gasteiger partial charge in [-0.3, -0.25) is 4.72 Å². The quantitative estimate of drug-likeness (QED) is 0.587. The molecule has 0 heterocycles. The van der Waals surface area contributed by atoms with Gasteiger partial charge in [-0.15, -0.1) is 11.8 Å². The summed E-state index contributed by atoms with van der Waals surface area (Å²) in [7, 11) is -3.36. The van der Waals surface area contributed by atoms with E-state index in [1.54, 1.807) is 30.3 Å². The van der Waals surface area contributed by atoms with E-state index in [0.717, 1.165) is 9.37 Å². The molecule has 0 aliphatic rings. The van der Waals surface area contributed by atoms with Gasteiger partial charge in [-0.05, 0) is 52.3 Å². The lowest BCUT2D eigenvalue weighted by Crippen LogP contribution is -2.18. The number of benzene rings is 2. The van der Waals surface area contributed by atoms with Crippen molar-refractivity contribution in [2.24, 2.45) is 0 Å². The molecular weight excluding hydrogens is 372 g/mol. The maximum Gasteiger partial charge on any atom is 0.233 e. The Labute approximate surface area is 137 Å². The molecule has 0 radical (unpaired) electrons. The molecule has 0 amide bonds. The van der Waals surface area contributed by atoms with E-state index >= 15 is 0 Å². The molecular formula is C14H15BrN2O2S2. The van der Waals surface area contributed by atoms with Crippen molar-refractivity contribution in [3.63, 3.8) is 0 Å². The van der Waals surface area contributed by atoms with Crippen molar-refractivity contribution in [3.05, 3.63) is 53.0 Å². The minimum Gasteiger partial charge on any atom is -0.399 e. The van der Waals surface area contributed by atoms with Crippen LogP contribution in [0.15, 0.2) is 57.9 Å². The molecule has 0 bridgehead atoms. The number of halogens is 1. The van der Waals surface area contributed by atoms with E-state index in [-0.39, 0.29) is 5.75 Å². The van der Waals surface area contributed by atoms with Gasteiger partial charge in [0.05, 0.1) is 11.4 Å². The van der Waals surface area contributed by atoms with Gasteiger partial charge < -0.3 is 5.73 Å². The Kier molecular flexibility index (Phi) is 5.55. The van der Waals surface area contributed by atoms with Crippen LogP contribution in [0, 0.1) is 0 Å². The fraction of sp³-hybridized carbons (Fsp3) is 0.143. The standard InChI is InChI=1S/C14H15BrN2O2S2/c15-13-3-1-2-4-14(13)17-21(18,19)10-9-20-12-7-5-11(16)6-8-12/h1-8,17H,9-10,16H2. The Morgan fingerprint density at radius 2 is 1.76 bits per heavy atom. The van der Waals surface area contributed by atoms with Crippen molar-refractivity contribution >= 4 is 49.1 Å². The summed E-state index contributed by atoms with van der Waals surface area (Å²) in [5, 5.41) is 0. The van der Waals surface area contributed by atoms with Crippen LogP contribution in [0.5, 0.6) is 0 Å². The van der Waals surface area contributed by atoms with E-state index in [0.29, 0.717) is 17.1 Å². The molecule has 0 saturated carbocycles. The lowest BCUT2D eigenvalue weighted by atomic mass is 10.3. The topological polar surface area (TPSA) is 72.2 Å². The van der Waals surface area contributed by atoms with Crippen molar-refractivity contribution in [2.45, 2.75) is 4.90 Å². The summed E-state index contributed by atoms with van der Waals surface area (Å²) < 4.78 is 27.4. The summed E-state index contributed by atoms with van der Waals surface area (Å²) in [6, 6.07) is 14.5. The largest absolute Gasteiger partial charge is 0.399 e. The van der Waals surface area contributed by atoms with E-state index < -0.39 is 10.0 Å². The van der Waals surface area contributed by atoms with Crippen LogP contribution in [0.25, 0.3) is 0 Å². The van der Waals surface area contributed by atoms with Crippen molar-refractivity contribution in [2.75, 3.05) is 22.0 Å². The van der Waals surface area contributed by atoms with Gasteiger partial charge in [0.1, 0.15) is 0 Å². The third kappa shape index (κ3) is 5.26. The second-order valence-corrected chi connectivity index (χ2v) is 8.18. The molecule has 0 aliphatic heterocycles. The number of nitrogens with two attached hydrogens (primary N) is 1. The molecule has 0 spiro atoms. The monoisotopic (exact) mass is 386 g/mol. The maximum absolute atomic E-state index is 12.0. The van der Waals surface area contributed by atoms with Crippen LogP contribution in [0.2, 0.25) is 0 Å². The maximum atomic E-state index is 12.0. The average Bonchev–Trinajstić information content (AvgIpc) is 2.43. The molecule has 3 N–H and O–H groups in total. The highest BCUT2D eigenvalue weighted by molar-refractivity contribution is 9.10. The van der Waals surface area contributed by atoms with Gasteiger partial charge in [0.15, 0.2) is 0 Å². The minimum atomic E-state index is -3.36. The molecule has 21 heavy (non-hydrogen) atoms. The SMILES string of the molecule is Nc1ccc(SCCS(=O)(=O)Nc2ccccc2Br)cc1. The second-order valence-electron chi connectivity index (χ2n) is 4.32. The summed E-state index contributed by atoms with van der Waals surface area (Å²) >= 11 is 4.80. The van der Waals surface area contributed by atoms with Gasteiger partial charge in [-0.1, -0.05) is 12.1 Å². The zero-order chi connectivity index (χ0) is 15.3. The number of hydrogen-bond acceptors (Lipinski definition) is 4. The van der Waals surface area contributed by atoms with Gasteiger partial charge in [0.25, 0.3) is 0 Å². The summed E-state index contributed by atoms with van der Waals surface area (Å²) in [6.45, 7) is 0. The Morgan fingerprint density at radius 3 is 2.43 bits per heavy atom. The van der Waals surface area contributed by atoms with E-state index in [4.69, 9.17) is 5.73 Å². The van der Waals surface area contributed by atoms with E-state index in [2.05, 4.69) is 20.7 Å². The third-order valence-electron chi connectivity index (χ3n) is 2.64. The summed E-state index contributed by atoms with van der Waals surface area (Å²) in [6.07, 6.45) is 0. The Balaban J connectivity index is 1.90. The van der Waals surface area contributed by atoms with Crippen molar-refractivity contribution in [1.82, 2.24) is 0 Å². The normalized spacial score (nSPS) is 11.3. The van der Waals surface area contributed by atoms with Crippen molar-refractivity contribution < 1.29 is 8.42 Å². The van der Waals surface area contributed by atoms with Gasteiger partial charge in [0, 0.05) is 20.8 Å². The third-order valence-corrected chi connectivity index (χ3v) is 5.88. The van der Waals surface area contributed by atoms with Crippen LogP contribution < -0.4 is 10.5 Å². The summed E-state index contributed by atoms with van der Waals surface area (Å²) in [5.41, 5.74) is 6.85. The first-order chi connectivity index (χ1) is 9.96. The van der Waals surface area contributed by atoms with E-state index in [9.17, 15) is 8.42 Å².